The number of fused-ring (bicyclic) bond motifs is 1. The van der Waals surface area contributed by atoms with Crippen LogP contribution in [-0.4, -0.2) is 29.4 Å². The number of nitrogens with one attached hydrogen (secondary N) is 2. The molecule has 2 aromatic carbocycles. The molecule has 0 aliphatic heterocycles. The number of amides is 2. The molecule has 9 heteroatoms. The summed E-state index contributed by atoms with van der Waals surface area (Å²) in [5.74, 6) is 0.112. The van der Waals surface area contributed by atoms with Crippen LogP contribution >= 0.6 is 0 Å². The van der Waals surface area contributed by atoms with Crippen LogP contribution in [0.15, 0.2) is 42.5 Å². The van der Waals surface area contributed by atoms with Crippen LogP contribution in [0.3, 0.4) is 0 Å². The average Bonchev–Trinajstić information content (AvgIpc) is 3.07. The van der Waals surface area contributed by atoms with Crippen LogP contribution in [0.1, 0.15) is 50.1 Å². The van der Waals surface area contributed by atoms with Gasteiger partial charge in [-0.15, -0.1) is 0 Å². The summed E-state index contributed by atoms with van der Waals surface area (Å²) in [6, 6.07) is 14.4. The maximum atomic E-state index is 12.7. The van der Waals surface area contributed by atoms with E-state index >= 15 is 0 Å². The molecule has 2 aliphatic rings. The van der Waals surface area contributed by atoms with Gasteiger partial charge in [-0.1, -0.05) is 12.1 Å². The number of carbonyl (C=O) groups excluding carboxylic acids is 1. The molecule has 1 aromatic heterocycles. The number of nitrogens with zero attached hydrogens (tertiary/aromatic N) is 2. The number of anilines is 1. The Morgan fingerprint density at radius 2 is 1.80 bits per heavy atom. The van der Waals surface area contributed by atoms with Crippen molar-refractivity contribution in [1.29, 1.82) is 5.26 Å². The maximum Gasteiger partial charge on any atom is 0.422 e. The number of urea groups is 1. The number of nitriles is 1. The van der Waals surface area contributed by atoms with E-state index in [-0.39, 0.29) is 23.9 Å². The molecule has 0 radical (unpaired) electrons. The van der Waals surface area contributed by atoms with Crippen molar-refractivity contribution < 1.29 is 22.7 Å². The third-order valence-electron chi connectivity index (χ3n) is 6.79. The maximum absolute atomic E-state index is 12.7. The first-order valence-electron chi connectivity index (χ1n) is 11.8. The molecule has 1 heterocycles. The highest BCUT2D eigenvalue weighted by molar-refractivity contribution is 5.96. The number of benzene rings is 2. The Labute approximate surface area is 200 Å². The molecule has 3 aromatic rings. The summed E-state index contributed by atoms with van der Waals surface area (Å²) >= 11 is 0. The highest BCUT2D eigenvalue weighted by Gasteiger charge is 2.30. The topological polar surface area (TPSA) is 79.1 Å². The fourth-order valence-corrected chi connectivity index (χ4v) is 4.58. The van der Waals surface area contributed by atoms with E-state index < -0.39 is 12.8 Å². The molecule has 35 heavy (non-hydrogen) atoms. The van der Waals surface area contributed by atoms with Gasteiger partial charge in [-0.25, -0.2) is 4.79 Å². The minimum Gasteiger partial charge on any atom is -0.484 e. The number of hydrogen-bond donors (Lipinski definition) is 2. The minimum absolute atomic E-state index is 0.112. The highest BCUT2D eigenvalue weighted by atomic mass is 19.4. The van der Waals surface area contributed by atoms with Crippen molar-refractivity contribution in [3.63, 3.8) is 0 Å². The van der Waals surface area contributed by atoms with Gasteiger partial charge in [-0.3, -0.25) is 0 Å². The van der Waals surface area contributed by atoms with Crippen LogP contribution in [0, 0.1) is 11.3 Å². The second-order valence-corrected chi connectivity index (χ2v) is 9.18. The SMILES string of the molecule is N#Cc1c(-c2ccc(NC(=O)NC3CCC3)cc2)n(C2CCC2)c2cc(OCC(F)(F)F)ccc12. The van der Waals surface area contributed by atoms with Crippen LogP contribution in [0.4, 0.5) is 23.7 Å². The van der Waals surface area contributed by atoms with Crippen LogP contribution < -0.4 is 15.4 Å². The van der Waals surface area contributed by atoms with Crippen molar-refractivity contribution >= 4 is 22.6 Å². The lowest BCUT2D eigenvalue weighted by atomic mass is 9.92. The van der Waals surface area contributed by atoms with Gasteiger partial charge < -0.3 is 19.9 Å². The van der Waals surface area contributed by atoms with Gasteiger partial charge in [-0.2, -0.15) is 18.4 Å². The minimum atomic E-state index is -4.43. The monoisotopic (exact) mass is 482 g/mol. The zero-order valence-corrected chi connectivity index (χ0v) is 19.0. The molecule has 0 unspecified atom stereocenters. The van der Waals surface area contributed by atoms with E-state index in [1.54, 1.807) is 24.3 Å². The first-order valence-corrected chi connectivity index (χ1v) is 11.8. The number of alkyl halides is 3. The number of halogens is 3. The number of aromatic nitrogens is 1. The van der Waals surface area contributed by atoms with Gasteiger partial charge in [0, 0.05) is 29.2 Å². The van der Waals surface area contributed by atoms with Gasteiger partial charge >= 0.3 is 12.2 Å². The molecule has 2 saturated carbocycles. The van der Waals surface area contributed by atoms with E-state index in [0.717, 1.165) is 49.8 Å². The second kappa shape index (κ2) is 9.17. The van der Waals surface area contributed by atoms with Gasteiger partial charge in [0.2, 0.25) is 0 Å². The third kappa shape index (κ3) is 4.78. The Morgan fingerprint density at radius 3 is 2.37 bits per heavy atom. The molecule has 0 saturated heterocycles. The highest BCUT2D eigenvalue weighted by Crippen LogP contribution is 2.43. The predicted molar refractivity (Wildman–Crippen MR) is 126 cm³/mol. The van der Waals surface area contributed by atoms with E-state index in [2.05, 4.69) is 21.3 Å². The lowest BCUT2D eigenvalue weighted by Crippen LogP contribution is -2.41. The Bertz CT molecular complexity index is 1280. The first kappa shape index (κ1) is 23.1. The smallest absolute Gasteiger partial charge is 0.422 e. The Hall–Kier alpha value is -3.67. The lowest BCUT2D eigenvalue weighted by Gasteiger charge is -2.30. The zero-order chi connectivity index (χ0) is 24.6. The molecule has 182 valence electrons. The quantitative estimate of drug-likeness (QED) is 0.420. The number of carbonyl (C=O) groups is 1. The molecular weight excluding hydrogens is 457 g/mol. The van der Waals surface area contributed by atoms with E-state index in [0.29, 0.717) is 22.2 Å². The summed E-state index contributed by atoms with van der Waals surface area (Å²) in [5.41, 5.74) is 3.32. The normalized spacial score (nSPS) is 16.3. The lowest BCUT2D eigenvalue weighted by molar-refractivity contribution is -0.153. The summed E-state index contributed by atoms with van der Waals surface area (Å²) < 4.78 is 45.0. The van der Waals surface area contributed by atoms with Crippen molar-refractivity contribution in [2.45, 2.75) is 56.8 Å². The summed E-state index contributed by atoms with van der Waals surface area (Å²) in [4.78, 5) is 12.2. The Morgan fingerprint density at radius 1 is 1.09 bits per heavy atom. The standard InChI is InChI=1S/C26H25F3N4O2/c27-26(28,29)15-35-20-11-12-21-22(14-30)24(33(23(21)13-20)19-5-2-6-19)16-7-9-18(10-8-16)32-25(34)31-17-3-1-4-17/h7-13,17,19H,1-6,15H2,(H2,31,32,34). The summed E-state index contributed by atoms with van der Waals surface area (Å²) in [7, 11) is 0. The van der Waals surface area contributed by atoms with Gasteiger partial charge in [0.15, 0.2) is 6.61 Å². The molecule has 5 rings (SSSR count). The van der Waals surface area contributed by atoms with Gasteiger partial charge in [0.1, 0.15) is 11.8 Å². The largest absolute Gasteiger partial charge is 0.484 e. The van der Waals surface area contributed by atoms with E-state index in [1.807, 2.05) is 12.1 Å². The summed E-state index contributed by atoms with van der Waals surface area (Å²) in [5, 5.41) is 16.5. The van der Waals surface area contributed by atoms with E-state index in [1.165, 1.54) is 6.07 Å². The molecule has 2 amide bonds. The van der Waals surface area contributed by atoms with Crippen molar-refractivity contribution in [2.75, 3.05) is 11.9 Å². The van der Waals surface area contributed by atoms with Crippen molar-refractivity contribution in [3.8, 4) is 23.1 Å². The fraction of sp³-hybridized carbons (Fsp3) is 0.385. The zero-order valence-electron chi connectivity index (χ0n) is 19.0. The summed E-state index contributed by atoms with van der Waals surface area (Å²) in [6.45, 7) is -1.37. The Kier molecular flexibility index (Phi) is 6.05. The molecule has 6 nitrogen and oxygen atoms in total. The number of hydrogen-bond acceptors (Lipinski definition) is 3. The average molecular weight is 483 g/mol. The molecule has 2 N–H and O–H groups in total. The number of ether oxygens (including phenoxy) is 1. The van der Waals surface area contributed by atoms with Crippen molar-refractivity contribution in [1.82, 2.24) is 9.88 Å². The number of rotatable bonds is 6. The Balaban J connectivity index is 1.48. The van der Waals surface area contributed by atoms with Crippen LogP contribution in [0.5, 0.6) is 5.75 Å². The second-order valence-electron chi connectivity index (χ2n) is 9.18. The summed E-state index contributed by atoms with van der Waals surface area (Å²) in [6.07, 6.45) is 1.60. The molecular formula is C26H25F3N4O2. The van der Waals surface area contributed by atoms with Crippen LogP contribution in [0.25, 0.3) is 22.2 Å². The molecule has 0 atom stereocenters. The van der Waals surface area contributed by atoms with Gasteiger partial charge in [0.25, 0.3) is 0 Å². The third-order valence-corrected chi connectivity index (χ3v) is 6.79. The molecule has 0 spiro atoms. The van der Waals surface area contributed by atoms with Gasteiger partial charge in [-0.05, 0) is 68.4 Å². The molecule has 0 bridgehead atoms. The fourth-order valence-electron chi connectivity index (χ4n) is 4.58. The van der Waals surface area contributed by atoms with Crippen molar-refractivity contribution in [2.24, 2.45) is 0 Å². The predicted octanol–water partition coefficient (Wildman–Crippen LogP) is 6.52. The van der Waals surface area contributed by atoms with E-state index in [4.69, 9.17) is 4.74 Å². The van der Waals surface area contributed by atoms with Gasteiger partial charge in [0.05, 0.1) is 16.8 Å². The van der Waals surface area contributed by atoms with Crippen LogP contribution in [-0.2, 0) is 0 Å². The molecule has 2 fully saturated rings. The van der Waals surface area contributed by atoms with E-state index in [9.17, 15) is 23.2 Å². The first-order chi connectivity index (χ1) is 16.8. The van der Waals surface area contributed by atoms with Crippen LogP contribution in [0.2, 0.25) is 0 Å². The van der Waals surface area contributed by atoms with Crippen molar-refractivity contribution in [3.05, 3.63) is 48.0 Å². The molecule has 2 aliphatic carbocycles.